The van der Waals surface area contributed by atoms with Gasteiger partial charge in [0, 0.05) is 0 Å². The molecule has 0 fully saturated rings. The van der Waals surface area contributed by atoms with E-state index in [4.69, 9.17) is 0 Å². The lowest BCUT2D eigenvalue weighted by Gasteiger charge is -2.41. The molecular formula is C12H24. The lowest BCUT2D eigenvalue weighted by molar-refractivity contribution is 0.137. The highest BCUT2D eigenvalue weighted by molar-refractivity contribution is 5.05. The summed E-state index contributed by atoms with van der Waals surface area (Å²) in [7, 11) is 0. The maximum absolute atomic E-state index is 4.09. The molecule has 0 amide bonds. The molecule has 0 unspecified atom stereocenters. The summed E-state index contributed by atoms with van der Waals surface area (Å²) in [5.41, 5.74) is 1.95. The van der Waals surface area contributed by atoms with Gasteiger partial charge in [0.05, 0.1) is 0 Å². The Balaban J connectivity index is 4.82. The second-order valence-corrected chi connectivity index (χ2v) is 6.01. The van der Waals surface area contributed by atoms with Crippen molar-refractivity contribution >= 4 is 0 Å². The van der Waals surface area contributed by atoms with E-state index in [0.29, 0.717) is 16.7 Å². The average molecular weight is 168 g/mol. The molecule has 0 atom stereocenters. The molecule has 72 valence electrons. The molecule has 0 bridgehead atoms. The van der Waals surface area contributed by atoms with E-state index >= 15 is 0 Å². The molecule has 0 aromatic heterocycles. The third-order valence-corrected chi connectivity index (χ3v) is 2.22. The van der Waals surface area contributed by atoms with Crippen molar-refractivity contribution in [3.63, 3.8) is 0 Å². The minimum Gasteiger partial charge on any atom is -0.0998 e. The van der Waals surface area contributed by atoms with E-state index in [0.717, 1.165) is 0 Å². The van der Waals surface area contributed by atoms with Crippen molar-refractivity contribution in [3.8, 4) is 0 Å². The van der Waals surface area contributed by atoms with Crippen LogP contribution in [0.2, 0.25) is 0 Å². The summed E-state index contributed by atoms with van der Waals surface area (Å²) < 4.78 is 0. The number of allylic oxidation sites excluding steroid dienone is 1. The van der Waals surface area contributed by atoms with Crippen LogP contribution in [-0.4, -0.2) is 0 Å². The van der Waals surface area contributed by atoms with Gasteiger partial charge in [0.15, 0.2) is 0 Å². The van der Waals surface area contributed by atoms with Crippen LogP contribution in [0.1, 0.15) is 48.5 Å². The lowest BCUT2D eigenvalue weighted by atomic mass is 9.64. The first-order valence-corrected chi connectivity index (χ1v) is 4.72. The first-order valence-electron chi connectivity index (χ1n) is 4.72. The maximum Gasteiger partial charge on any atom is -0.0111 e. The van der Waals surface area contributed by atoms with Crippen LogP contribution in [0.4, 0.5) is 0 Å². The molecule has 0 spiro atoms. The Morgan fingerprint density at radius 2 is 1.17 bits per heavy atom. The molecule has 0 nitrogen and oxygen atoms in total. The van der Waals surface area contributed by atoms with Crippen molar-refractivity contribution in [2.75, 3.05) is 0 Å². The fourth-order valence-electron chi connectivity index (χ4n) is 2.78. The van der Waals surface area contributed by atoms with Crippen LogP contribution in [0.15, 0.2) is 12.2 Å². The van der Waals surface area contributed by atoms with E-state index in [2.05, 4.69) is 55.0 Å². The highest BCUT2D eigenvalue weighted by Crippen LogP contribution is 2.43. The summed E-state index contributed by atoms with van der Waals surface area (Å²) in [4.78, 5) is 0. The van der Waals surface area contributed by atoms with Gasteiger partial charge in [-0.25, -0.2) is 0 Å². The molecule has 0 rings (SSSR count). The maximum atomic E-state index is 4.09. The van der Waals surface area contributed by atoms with E-state index in [1.165, 1.54) is 5.57 Å². The minimum absolute atomic E-state index is 0.323. The molecule has 0 aliphatic carbocycles. The zero-order chi connectivity index (χ0) is 10.2. The molecule has 0 aromatic rings. The van der Waals surface area contributed by atoms with Gasteiger partial charge in [-0.3, -0.25) is 0 Å². The Bertz CT molecular complexity index is 147. The van der Waals surface area contributed by atoms with E-state index in [9.17, 15) is 0 Å². The van der Waals surface area contributed by atoms with Crippen LogP contribution in [0.5, 0.6) is 0 Å². The zero-order valence-corrected chi connectivity index (χ0v) is 9.78. The highest BCUT2D eigenvalue weighted by atomic mass is 14.4. The summed E-state index contributed by atoms with van der Waals surface area (Å²) in [6.07, 6.45) is 0. The second kappa shape index (κ2) is 3.24. The topological polar surface area (TPSA) is 0 Å². The van der Waals surface area contributed by atoms with Gasteiger partial charge in [0.25, 0.3) is 0 Å². The summed E-state index contributed by atoms with van der Waals surface area (Å²) >= 11 is 0. The molecule has 0 heteroatoms. The smallest absolute Gasteiger partial charge is 0.0111 e. The molecule has 0 saturated carbocycles. The van der Waals surface area contributed by atoms with Gasteiger partial charge in [-0.05, 0) is 23.7 Å². The monoisotopic (exact) mass is 168 g/mol. The van der Waals surface area contributed by atoms with E-state index in [-0.39, 0.29) is 0 Å². The molecule has 0 radical (unpaired) electrons. The molecule has 0 aromatic carbocycles. The largest absolute Gasteiger partial charge is 0.0998 e. The van der Waals surface area contributed by atoms with Crippen LogP contribution in [0, 0.1) is 16.7 Å². The van der Waals surface area contributed by atoms with Crippen LogP contribution in [-0.2, 0) is 0 Å². The summed E-state index contributed by atoms with van der Waals surface area (Å²) in [5.74, 6) is 0.588. The number of hydrogen-bond donors (Lipinski definition) is 0. The predicted octanol–water partition coefficient (Wildman–Crippen LogP) is 4.27. The van der Waals surface area contributed by atoms with Crippen LogP contribution >= 0.6 is 0 Å². The summed E-state index contributed by atoms with van der Waals surface area (Å²) in [6.45, 7) is 20.0. The predicted molar refractivity (Wildman–Crippen MR) is 57.2 cm³/mol. The minimum atomic E-state index is 0.323. The van der Waals surface area contributed by atoms with Gasteiger partial charge in [-0.2, -0.15) is 0 Å². The van der Waals surface area contributed by atoms with Gasteiger partial charge in [-0.15, -0.1) is 0 Å². The third kappa shape index (κ3) is 3.00. The first kappa shape index (κ1) is 11.7. The Hall–Kier alpha value is -0.260. The van der Waals surface area contributed by atoms with Crippen molar-refractivity contribution in [2.24, 2.45) is 16.7 Å². The standard InChI is InChI=1S/C12H24/c1-9(2)10(11(3,4)5)12(6,7)8/h10H,1H2,2-8H3. The van der Waals surface area contributed by atoms with Crippen molar-refractivity contribution < 1.29 is 0 Å². The van der Waals surface area contributed by atoms with Gasteiger partial charge in [0.1, 0.15) is 0 Å². The quantitative estimate of drug-likeness (QED) is 0.513. The van der Waals surface area contributed by atoms with E-state index < -0.39 is 0 Å². The van der Waals surface area contributed by atoms with Gasteiger partial charge in [-0.1, -0.05) is 53.7 Å². The van der Waals surface area contributed by atoms with Crippen molar-refractivity contribution in [3.05, 3.63) is 12.2 Å². The normalized spacial score (nSPS) is 13.7. The van der Waals surface area contributed by atoms with E-state index in [1.807, 2.05) is 0 Å². The SMILES string of the molecule is C=C(C)C(C(C)(C)C)C(C)(C)C. The summed E-state index contributed by atoms with van der Waals surface area (Å²) in [6, 6.07) is 0. The molecule has 0 heterocycles. The fourth-order valence-corrected chi connectivity index (χ4v) is 2.78. The van der Waals surface area contributed by atoms with Gasteiger partial charge in [0.2, 0.25) is 0 Å². The van der Waals surface area contributed by atoms with Gasteiger partial charge < -0.3 is 0 Å². The molecule has 0 N–H and O–H groups in total. The van der Waals surface area contributed by atoms with Crippen LogP contribution in [0.3, 0.4) is 0 Å². The van der Waals surface area contributed by atoms with Crippen molar-refractivity contribution in [1.29, 1.82) is 0 Å². The van der Waals surface area contributed by atoms with Crippen LogP contribution in [0.25, 0.3) is 0 Å². The Labute approximate surface area is 78.1 Å². The first-order chi connectivity index (χ1) is 5.07. The highest BCUT2D eigenvalue weighted by Gasteiger charge is 2.34. The second-order valence-electron chi connectivity index (χ2n) is 6.01. The number of rotatable bonds is 1. The van der Waals surface area contributed by atoms with Crippen molar-refractivity contribution in [2.45, 2.75) is 48.5 Å². The Morgan fingerprint density at radius 3 is 1.17 bits per heavy atom. The molecule has 12 heavy (non-hydrogen) atoms. The molecule has 0 aliphatic rings. The molecule has 0 aliphatic heterocycles. The van der Waals surface area contributed by atoms with E-state index in [1.54, 1.807) is 0 Å². The Morgan fingerprint density at radius 1 is 0.917 bits per heavy atom. The average Bonchev–Trinajstić information content (AvgIpc) is 1.49. The summed E-state index contributed by atoms with van der Waals surface area (Å²) in [5, 5.41) is 0. The molecular weight excluding hydrogens is 144 g/mol. The lowest BCUT2D eigenvalue weighted by Crippen LogP contribution is -2.33. The number of hydrogen-bond acceptors (Lipinski definition) is 0. The van der Waals surface area contributed by atoms with Crippen molar-refractivity contribution in [1.82, 2.24) is 0 Å². The van der Waals surface area contributed by atoms with Crippen LogP contribution < -0.4 is 0 Å². The third-order valence-electron chi connectivity index (χ3n) is 2.22. The van der Waals surface area contributed by atoms with Gasteiger partial charge >= 0.3 is 0 Å². The molecule has 0 saturated heterocycles. The Kier molecular flexibility index (Phi) is 3.17. The fraction of sp³-hybridized carbons (Fsp3) is 0.833. The zero-order valence-electron chi connectivity index (χ0n) is 9.78.